The molecule has 0 N–H and O–H groups in total. The van der Waals surface area contributed by atoms with Crippen molar-refractivity contribution in [1.82, 2.24) is 9.55 Å². The molecule has 1 fully saturated rings. The second-order valence-corrected chi connectivity index (χ2v) is 8.40. The van der Waals surface area contributed by atoms with E-state index in [9.17, 15) is 14.9 Å². The maximum absolute atomic E-state index is 12.8. The third-order valence-corrected chi connectivity index (χ3v) is 5.23. The molecule has 142 valence electrons. The Morgan fingerprint density at radius 2 is 2.15 bits per heavy atom. The van der Waals surface area contributed by atoms with Crippen molar-refractivity contribution in [2.24, 2.45) is 7.05 Å². The minimum Gasteiger partial charge on any atom is -0.443 e. The lowest BCUT2D eigenvalue weighted by Crippen LogP contribution is -2.37. The van der Waals surface area contributed by atoms with Crippen LogP contribution >= 0.6 is 0 Å². The summed E-state index contributed by atoms with van der Waals surface area (Å²) in [6.07, 6.45) is 4.08. The number of nitro groups is 1. The molecule has 1 spiro atoms. The van der Waals surface area contributed by atoms with Crippen molar-refractivity contribution in [3.63, 3.8) is 0 Å². The minimum atomic E-state index is -0.613. The van der Waals surface area contributed by atoms with E-state index in [1.807, 2.05) is 38.6 Å². The number of carbonyl (C=O) groups excluding carboxylic acids is 1. The number of fused-ring (bicyclic) bond motifs is 2. The molecule has 8 heteroatoms. The van der Waals surface area contributed by atoms with Crippen LogP contribution in [0.5, 0.6) is 0 Å². The van der Waals surface area contributed by atoms with Crippen LogP contribution in [0.4, 0.5) is 16.2 Å². The van der Waals surface area contributed by atoms with E-state index in [0.29, 0.717) is 12.2 Å². The van der Waals surface area contributed by atoms with Gasteiger partial charge in [-0.15, -0.1) is 0 Å². The Labute approximate surface area is 156 Å². The van der Waals surface area contributed by atoms with Crippen LogP contribution in [0.1, 0.15) is 44.4 Å². The molecule has 0 radical (unpaired) electrons. The standard InChI is InChI=1S/C19H22N4O4/c1-18(2,3)27-17(24)22-10-19(8-14(19)15-9-21(4)11-20-15)13-7-12(23(25)26)5-6-16(13)22/h5-7,9,11,14H,8,10H2,1-4H3. The molecule has 1 aliphatic carbocycles. The second kappa shape index (κ2) is 5.55. The summed E-state index contributed by atoms with van der Waals surface area (Å²) in [4.78, 5) is 29.7. The van der Waals surface area contributed by atoms with Crippen LogP contribution in [0.25, 0.3) is 0 Å². The van der Waals surface area contributed by atoms with Gasteiger partial charge >= 0.3 is 6.09 Å². The van der Waals surface area contributed by atoms with Gasteiger partial charge in [0.05, 0.1) is 22.6 Å². The molecular weight excluding hydrogens is 348 g/mol. The molecule has 27 heavy (non-hydrogen) atoms. The maximum atomic E-state index is 12.8. The fourth-order valence-electron chi connectivity index (χ4n) is 3.98. The fraction of sp³-hybridized carbons (Fsp3) is 0.474. The van der Waals surface area contributed by atoms with Crippen LogP contribution < -0.4 is 4.90 Å². The van der Waals surface area contributed by atoms with Gasteiger partial charge in [-0.1, -0.05) is 0 Å². The number of nitrogens with zero attached hydrogens (tertiary/aromatic N) is 4. The number of hydrogen-bond acceptors (Lipinski definition) is 5. The molecule has 1 saturated carbocycles. The predicted octanol–water partition coefficient (Wildman–Crippen LogP) is 3.51. The van der Waals surface area contributed by atoms with Crippen LogP contribution in [0, 0.1) is 10.1 Å². The maximum Gasteiger partial charge on any atom is 0.414 e. The van der Waals surface area contributed by atoms with Crippen LogP contribution in [0.2, 0.25) is 0 Å². The molecule has 8 nitrogen and oxygen atoms in total. The van der Waals surface area contributed by atoms with Crippen molar-refractivity contribution < 1.29 is 14.5 Å². The summed E-state index contributed by atoms with van der Waals surface area (Å²) >= 11 is 0. The normalized spacial score (nSPS) is 23.4. The number of benzene rings is 1. The van der Waals surface area contributed by atoms with Gasteiger partial charge in [0.25, 0.3) is 5.69 Å². The van der Waals surface area contributed by atoms with E-state index in [1.54, 1.807) is 23.4 Å². The van der Waals surface area contributed by atoms with Gasteiger partial charge in [-0.2, -0.15) is 0 Å². The number of hydrogen-bond donors (Lipinski definition) is 0. The van der Waals surface area contributed by atoms with Crippen LogP contribution in [0.3, 0.4) is 0 Å². The highest BCUT2D eigenvalue weighted by atomic mass is 16.6. The van der Waals surface area contributed by atoms with Crippen molar-refractivity contribution in [2.45, 2.75) is 44.1 Å². The number of ether oxygens (including phenoxy) is 1. The van der Waals surface area contributed by atoms with Gasteiger partial charge in [-0.05, 0) is 38.8 Å². The Morgan fingerprint density at radius 3 is 2.74 bits per heavy atom. The number of anilines is 1. The number of carbonyl (C=O) groups is 1. The van der Waals surface area contributed by atoms with Crippen molar-refractivity contribution in [2.75, 3.05) is 11.4 Å². The van der Waals surface area contributed by atoms with Gasteiger partial charge in [0.1, 0.15) is 5.60 Å². The summed E-state index contributed by atoms with van der Waals surface area (Å²) < 4.78 is 7.44. The summed E-state index contributed by atoms with van der Waals surface area (Å²) in [7, 11) is 1.91. The molecule has 0 bridgehead atoms. The van der Waals surface area contributed by atoms with Gasteiger partial charge in [-0.3, -0.25) is 15.0 Å². The van der Waals surface area contributed by atoms with Crippen LogP contribution in [0.15, 0.2) is 30.7 Å². The third kappa shape index (κ3) is 2.85. The van der Waals surface area contributed by atoms with Crippen LogP contribution in [-0.4, -0.2) is 32.7 Å². The van der Waals surface area contributed by atoms with Crippen molar-refractivity contribution in [1.29, 1.82) is 0 Å². The Balaban J connectivity index is 1.74. The molecule has 2 unspecified atom stereocenters. The lowest BCUT2D eigenvalue weighted by molar-refractivity contribution is -0.384. The Morgan fingerprint density at radius 1 is 1.41 bits per heavy atom. The van der Waals surface area contributed by atoms with Crippen molar-refractivity contribution in [3.05, 3.63) is 52.1 Å². The number of imidazole rings is 1. The number of aryl methyl sites for hydroxylation is 1. The van der Waals surface area contributed by atoms with E-state index in [4.69, 9.17) is 4.74 Å². The summed E-state index contributed by atoms with van der Waals surface area (Å²) in [5, 5.41) is 11.3. The zero-order valence-electron chi connectivity index (χ0n) is 15.8. The quantitative estimate of drug-likeness (QED) is 0.596. The first-order chi connectivity index (χ1) is 12.6. The number of nitro benzene ring substituents is 1. The number of aromatic nitrogens is 2. The minimum absolute atomic E-state index is 0.0332. The SMILES string of the molecule is Cn1cnc(C2CC23CN(C(=O)OC(C)(C)C)c2ccc([N+](=O)[O-])cc23)c1. The molecule has 1 amide bonds. The van der Waals surface area contributed by atoms with E-state index < -0.39 is 16.6 Å². The highest BCUT2D eigenvalue weighted by Gasteiger charge is 2.63. The van der Waals surface area contributed by atoms with Gasteiger partial charge in [0, 0.05) is 43.3 Å². The van der Waals surface area contributed by atoms with E-state index in [0.717, 1.165) is 17.7 Å². The summed E-state index contributed by atoms with van der Waals surface area (Å²) in [6.45, 7) is 5.91. The number of rotatable bonds is 2. The highest BCUT2D eigenvalue weighted by molar-refractivity contribution is 5.93. The largest absolute Gasteiger partial charge is 0.443 e. The zero-order valence-corrected chi connectivity index (χ0v) is 15.8. The summed E-state index contributed by atoms with van der Waals surface area (Å²) in [5.41, 5.74) is 1.54. The van der Waals surface area contributed by atoms with Crippen molar-refractivity contribution >= 4 is 17.5 Å². The second-order valence-electron chi connectivity index (χ2n) is 8.40. The third-order valence-electron chi connectivity index (χ3n) is 5.23. The molecular formula is C19H22N4O4. The first kappa shape index (κ1) is 17.5. The molecule has 1 aromatic carbocycles. The summed E-state index contributed by atoms with van der Waals surface area (Å²) in [5.74, 6) is 0.131. The van der Waals surface area contributed by atoms with E-state index >= 15 is 0 Å². The average Bonchev–Trinajstić information content (AvgIpc) is 2.96. The lowest BCUT2D eigenvalue weighted by atomic mass is 9.94. The molecule has 0 saturated heterocycles. The Kier molecular flexibility index (Phi) is 3.60. The highest BCUT2D eigenvalue weighted by Crippen LogP contribution is 2.65. The van der Waals surface area contributed by atoms with Crippen molar-refractivity contribution in [3.8, 4) is 0 Å². The van der Waals surface area contributed by atoms with Crippen LogP contribution in [-0.2, 0) is 17.2 Å². The molecule has 2 atom stereocenters. The fourth-order valence-corrected chi connectivity index (χ4v) is 3.98. The first-order valence-corrected chi connectivity index (χ1v) is 8.88. The van der Waals surface area contributed by atoms with Gasteiger partial charge < -0.3 is 9.30 Å². The molecule has 2 heterocycles. The van der Waals surface area contributed by atoms with E-state index in [2.05, 4.69) is 4.98 Å². The molecule has 2 aliphatic rings. The Bertz CT molecular complexity index is 945. The predicted molar refractivity (Wildman–Crippen MR) is 98.9 cm³/mol. The van der Waals surface area contributed by atoms with Gasteiger partial charge in [0.2, 0.25) is 0 Å². The van der Waals surface area contributed by atoms with E-state index in [-0.39, 0.29) is 17.0 Å². The molecule has 1 aromatic heterocycles. The molecule has 1 aliphatic heterocycles. The molecule has 4 rings (SSSR count). The number of non-ortho nitro benzene ring substituents is 1. The Hall–Kier alpha value is -2.90. The first-order valence-electron chi connectivity index (χ1n) is 8.88. The summed E-state index contributed by atoms with van der Waals surface area (Å²) in [6, 6.07) is 4.69. The zero-order chi connectivity index (χ0) is 19.6. The smallest absolute Gasteiger partial charge is 0.414 e. The van der Waals surface area contributed by atoms with Gasteiger partial charge in [-0.25, -0.2) is 9.78 Å². The lowest BCUT2D eigenvalue weighted by Gasteiger charge is -2.25. The monoisotopic (exact) mass is 370 g/mol. The average molecular weight is 370 g/mol. The molecule has 2 aromatic rings. The number of amides is 1. The van der Waals surface area contributed by atoms with Gasteiger partial charge in [0.15, 0.2) is 0 Å². The van der Waals surface area contributed by atoms with E-state index in [1.165, 1.54) is 6.07 Å². The topological polar surface area (TPSA) is 90.5 Å².